The van der Waals surface area contributed by atoms with Gasteiger partial charge in [-0.3, -0.25) is 4.79 Å². The summed E-state index contributed by atoms with van der Waals surface area (Å²) in [4.78, 5) is 13.1. The number of rotatable bonds is 1. The van der Waals surface area contributed by atoms with Crippen LogP contribution in [0.5, 0.6) is 0 Å². The minimum absolute atomic E-state index is 0.248. The molecule has 12 heavy (non-hydrogen) atoms. The predicted octanol–water partition coefficient (Wildman–Crippen LogP) is -0.205. The first-order valence-corrected chi connectivity index (χ1v) is 3.96. The van der Waals surface area contributed by atoms with Gasteiger partial charge in [0.05, 0.1) is 5.70 Å². The van der Waals surface area contributed by atoms with E-state index in [9.17, 15) is 15.0 Å². The predicted molar refractivity (Wildman–Crippen MR) is 41.5 cm³/mol. The highest BCUT2D eigenvalue weighted by atomic mass is 16.3. The Morgan fingerprint density at radius 3 is 2.42 bits per heavy atom. The zero-order valence-electron chi connectivity index (χ0n) is 6.87. The SMILES string of the molecule is CC1(O)CC(N2CC2)=C(O)C1=O. The molecule has 0 aromatic carbocycles. The lowest BCUT2D eigenvalue weighted by molar-refractivity contribution is -0.132. The van der Waals surface area contributed by atoms with Gasteiger partial charge in [0.25, 0.3) is 0 Å². The van der Waals surface area contributed by atoms with E-state index < -0.39 is 11.4 Å². The lowest BCUT2D eigenvalue weighted by Crippen LogP contribution is -2.31. The number of nitrogens with zero attached hydrogens (tertiary/aromatic N) is 1. The molecule has 66 valence electrons. The Kier molecular flexibility index (Phi) is 1.28. The first-order chi connectivity index (χ1) is 5.52. The van der Waals surface area contributed by atoms with Crippen LogP contribution in [0.2, 0.25) is 0 Å². The molecule has 1 unspecified atom stereocenters. The molecular formula is C8H11NO3. The van der Waals surface area contributed by atoms with E-state index in [4.69, 9.17) is 0 Å². The van der Waals surface area contributed by atoms with Crippen molar-refractivity contribution in [1.29, 1.82) is 0 Å². The van der Waals surface area contributed by atoms with Crippen LogP contribution in [0.3, 0.4) is 0 Å². The highest BCUT2D eigenvalue weighted by Gasteiger charge is 2.45. The van der Waals surface area contributed by atoms with Crippen molar-refractivity contribution in [2.75, 3.05) is 13.1 Å². The molecule has 2 N–H and O–H groups in total. The maximum atomic E-state index is 11.2. The van der Waals surface area contributed by atoms with Crippen molar-refractivity contribution >= 4 is 5.78 Å². The normalized spacial score (nSPS) is 34.8. The van der Waals surface area contributed by atoms with Gasteiger partial charge in [-0.05, 0) is 6.92 Å². The van der Waals surface area contributed by atoms with Crippen molar-refractivity contribution in [2.24, 2.45) is 0 Å². The summed E-state index contributed by atoms with van der Waals surface area (Å²) in [5, 5.41) is 18.8. The summed E-state index contributed by atoms with van der Waals surface area (Å²) in [6.45, 7) is 3.19. The second-order valence-corrected chi connectivity index (χ2v) is 3.56. The Balaban J connectivity index is 2.30. The average molecular weight is 169 g/mol. The Bertz CT molecular complexity index is 276. The van der Waals surface area contributed by atoms with Gasteiger partial charge in [-0.1, -0.05) is 0 Å². The number of aliphatic hydroxyl groups is 2. The van der Waals surface area contributed by atoms with Gasteiger partial charge in [0.15, 0.2) is 5.76 Å². The molecule has 0 aromatic heterocycles. The molecule has 1 heterocycles. The Morgan fingerprint density at radius 2 is 2.08 bits per heavy atom. The molecule has 1 atom stereocenters. The molecule has 0 amide bonds. The summed E-state index contributed by atoms with van der Waals surface area (Å²) in [6.07, 6.45) is 0.248. The van der Waals surface area contributed by atoms with E-state index in [0.29, 0.717) is 5.70 Å². The minimum Gasteiger partial charge on any atom is -0.503 e. The van der Waals surface area contributed by atoms with Crippen LogP contribution in [0, 0.1) is 0 Å². The molecule has 1 aliphatic heterocycles. The van der Waals surface area contributed by atoms with Crippen LogP contribution >= 0.6 is 0 Å². The third-order valence-electron chi connectivity index (χ3n) is 2.32. The van der Waals surface area contributed by atoms with E-state index in [1.54, 1.807) is 0 Å². The van der Waals surface area contributed by atoms with Crippen LogP contribution in [0.25, 0.3) is 0 Å². The fourth-order valence-corrected chi connectivity index (χ4v) is 1.46. The highest BCUT2D eigenvalue weighted by Crippen LogP contribution is 2.34. The zero-order valence-corrected chi connectivity index (χ0v) is 6.87. The summed E-state index contributed by atoms with van der Waals surface area (Å²) < 4.78 is 0. The first kappa shape index (κ1) is 7.61. The molecule has 2 rings (SSSR count). The van der Waals surface area contributed by atoms with E-state index in [1.807, 2.05) is 4.90 Å². The van der Waals surface area contributed by atoms with Crippen molar-refractivity contribution in [3.05, 3.63) is 11.5 Å². The maximum absolute atomic E-state index is 11.2. The maximum Gasteiger partial charge on any atom is 0.230 e. The third kappa shape index (κ3) is 0.914. The van der Waals surface area contributed by atoms with Crippen LogP contribution < -0.4 is 0 Å². The highest BCUT2D eigenvalue weighted by molar-refractivity contribution is 6.02. The molecular weight excluding hydrogens is 158 g/mol. The van der Waals surface area contributed by atoms with E-state index in [0.717, 1.165) is 13.1 Å². The molecule has 1 saturated heterocycles. The van der Waals surface area contributed by atoms with Crippen LogP contribution in [0.4, 0.5) is 0 Å². The van der Waals surface area contributed by atoms with Crippen molar-refractivity contribution in [1.82, 2.24) is 4.90 Å². The molecule has 0 radical (unpaired) electrons. The molecule has 4 nitrogen and oxygen atoms in total. The molecule has 1 fully saturated rings. The molecule has 0 bridgehead atoms. The van der Waals surface area contributed by atoms with Gasteiger partial charge in [-0.2, -0.15) is 0 Å². The molecule has 0 aromatic rings. The number of ketones is 1. The molecule has 0 spiro atoms. The van der Waals surface area contributed by atoms with E-state index in [-0.39, 0.29) is 12.2 Å². The summed E-state index contributed by atoms with van der Waals surface area (Å²) >= 11 is 0. The van der Waals surface area contributed by atoms with Gasteiger partial charge >= 0.3 is 0 Å². The Hall–Kier alpha value is -1.03. The zero-order chi connectivity index (χ0) is 8.93. The fraction of sp³-hybridized carbons (Fsp3) is 0.625. The van der Waals surface area contributed by atoms with Gasteiger partial charge in [0, 0.05) is 19.5 Å². The second-order valence-electron chi connectivity index (χ2n) is 3.56. The van der Waals surface area contributed by atoms with Gasteiger partial charge in [0.1, 0.15) is 5.60 Å². The molecule has 1 aliphatic carbocycles. The van der Waals surface area contributed by atoms with Crippen LogP contribution in [-0.2, 0) is 4.79 Å². The Morgan fingerprint density at radius 1 is 1.50 bits per heavy atom. The van der Waals surface area contributed by atoms with Gasteiger partial charge < -0.3 is 15.1 Å². The van der Waals surface area contributed by atoms with Crippen LogP contribution in [0.15, 0.2) is 11.5 Å². The molecule has 4 heteroatoms. The molecule has 2 aliphatic rings. The number of aliphatic hydroxyl groups excluding tert-OH is 1. The van der Waals surface area contributed by atoms with E-state index in [1.165, 1.54) is 6.92 Å². The number of Topliss-reactive ketones (excluding diaryl/α,β-unsaturated/α-hetero) is 1. The third-order valence-corrected chi connectivity index (χ3v) is 2.32. The van der Waals surface area contributed by atoms with E-state index in [2.05, 4.69) is 0 Å². The summed E-state index contributed by atoms with van der Waals surface area (Å²) in [5.41, 5.74) is -0.785. The summed E-state index contributed by atoms with van der Waals surface area (Å²) in [7, 11) is 0. The van der Waals surface area contributed by atoms with Crippen molar-refractivity contribution < 1.29 is 15.0 Å². The summed E-state index contributed by atoms with van der Waals surface area (Å²) in [6, 6.07) is 0. The average Bonchev–Trinajstić information content (AvgIpc) is 2.76. The summed E-state index contributed by atoms with van der Waals surface area (Å²) in [5.74, 6) is -0.804. The van der Waals surface area contributed by atoms with E-state index >= 15 is 0 Å². The van der Waals surface area contributed by atoms with Crippen LogP contribution in [-0.4, -0.2) is 39.6 Å². The topological polar surface area (TPSA) is 60.5 Å². The number of carbonyl (C=O) groups excluding carboxylic acids is 1. The molecule has 0 saturated carbocycles. The van der Waals surface area contributed by atoms with Gasteiger partial charge in [-0.25, -0.2) is 0 Å². The largest absolute Gasteiger partial charge is 0.503 e. The van der Waals surface area contributed by atoms with Crippen LogP contribution in [0.1, 0.15) is 13.3 Å². The lowest BCUT2D eigenvalue weighted by Gasteiger charge is -2.13. The quantitative estimate of drug-likeness (QED) is 0.533. The Labute approximate surface area is 70.1 Å². The van der Waals surface area contributed by atoms with Crippen molar-refractivity contribution in [2.45, 2.75) is 18.9 Å². The van der Waals surface area contributed by atoms with Gasteiger partial charge in [-0.15, -0.1) is 0 Å². The van der Waals surface area contributed by atoms with Crippen molar-refractivity contribution in [3.8, 4) is 0 Å². The van der Waals surface area contributed by atoms with Gasteiger partial charge in [0.2, 0.25) is 5.78 Å². The monoisotopic (exact) mass is 169 g/mol. The lowest BCUT2D eigenvalue weighted by atomic mass is 10.0. The standard InChI is InChI=1S/C8H11NO3/c1-8(12)4-5(9-2-3-9)6(10)7(8)11/h10,12H,2-4H2,1H3. The first-order valence-electron chi connectivity index (χ1n) is 3.96. The number of carbonyl (C=O) groups is 1. The minimum atomic E-state index is -1.39. The smallest absolute Gasteiger partial charge is 0.230 e. The fourth-order valence-electron chi connectivity index (χ4n) is 1.46. The number of hydrogen-bond acceptors (Lipinski definition) is 4. The number of hydrogen-bond donors (Lipinski definition) is 2. The second kappa shape index (κ2) is 2.01. The van der Waals surface area contributed by atoms with Crippen molar-refractivity contribution in [3.63, 3.8) is 0 Å².